The summed E-state index contributed by atoms with van der Waals surface area (Å²) >= 11 is 8.86. The third-order valence-electron chi connectivity index (χ3n) is 3.91. The molecule has 30 heavy (non-hydrogen) atoms. The number of halogens is 1. The van der Waals surface area contributed by atoms with E-state index in [2.05, 4.69) is 25.7 Å². The Hall–Kier alpha value is -3.01. The van der Waals surface area contributed by atoms with Gasteiger partial charge in [-0.2, -0.15) is 5.10 Å². The van der Waals surface area contributed by atoms with Crippen LogP contribution in [-0.2, 0) is 4.79 Å². The van der Waals surface area contributed by atoms with Crippen molar-refractivity contribution in [1.82, 2.24) is 25.2 Å². The molecule has 3 heterocycles. The lowest BCUT2D eigenvalue weighted by atomic mass is 10.2. The highest BCUT2D eigenvalue weighted by molar-refractivity contribution is 7.99. The molecule has 0 radical (unpaired) electrons. The monoisotopic (exact) mass is 454 g/mol. The van der Waals surface area contributed by atoms with E-state index in [-0.39, 0.29) is 11.7 Å². The third kappa shape index (κ3) is 4.93. The third-order valence-corrected chi connectivity index (χ3v) is 5.90. The number of carbonyl (C=O) groups excluding carboxylic acids is 1. The van der Waals surface area contributed by atoms with Gasteiger partial charge in [-0.3, -0.25) is 14.3 Å². The van der Waals surface area contributed by atoms with Gasteiger partial charge in [0.25, 0.3) is 5.91 Å². The zero-order valence-electron chi connectivity index (χ0n) is 15.5. The number of benzene rings is 1. The summed E-state index contributed by atoms with van der Waals surface area (Å²) in [6, 6.07) is 14.9. The lowest BCUT2D eigenvalue weighted by Gasteiger charge is -2.10. The van der Waals surface area contributed by atoms with Crippen molar-refractivity contribution in [3.8, 4) is 17.1 Å². The minimum atomic E-state index is -0.232. The molecule has 4 rings (SSSR count). The number of hydrazone groups is 1. The normalized spacial score (nSPS) is 11.1. The molecule has 0 aliphatic rings. The Balaban J connectivity index is 1.53. The van der Waals surface area contributed by atoms with Crippen LogP contribution in [0.25, 0.3) is 17.1 Å². The number of thiophene rings is 1. The first-order valence-corrected chi connectivity index (χ1v) is 11.0. The van der Waals surface area contributed by atoms with E-state index in [0.29, 0.717) is 16.0 Å². The average Bonchev–Trinajstić information content (AvgIpc) is 3.43. The zero-order chi connectivity index (χ0) is 20.8. The van der Waals surface area contributed by atoms with Gasteiger partial charge in [0, 0.05) is 33.5 Å². The fourth-order valence-corrected chi connectivity index (χ4v) is 4.02. The smallest absolute Gasteiger partial charge is 0.250 e. The second-order valence-corrected chi connectivity index (χ2v) is 8.31. The fourth-order valence-electron chi connectivity index (χ4n) is 2.57. The predicted molar refractivity (Wildman–Crippen MR) is 120 cm³/mol. The van der Waals surface area contributed by atoms with Crippen LogP contribution in [0.5, 0.6) is 0 Å². The number of pyridine rings is 1. The van der Waals surface area contributed by atoms with E-state index in [0.717, 1.165) is 16.1 Å². The second kappa shape index (κ2) is 9.66. The second-order valence-electron chi connectivity index (χ2n) is 5.95. The van der Waals surface area contributed by atoms with Crippen molar-refractivity contribution in [3.05, 3.63) is 76.2 Å². The first kappa shape index (κ1) is 20.3. The molecular weight excluding hydrogens is 440 g/mol. The topological polar surface area (TPSA) is 85.1 Å². The van der Waals surface area contributed by atoms with Crippen LogP contribution < -0.4 is 5.43 Å². The lowest BCUT2D eigenvalue weighted by molar-refractivity contribution is -0.118. The first-order chi connectivity index (χ1) is 14.7. The number of hydrogen-bond acceptors (Lipinski definition) is 7. The van der Waals surface area contributed by atoms with Crippen molar-refractivity contribution < 1.29 is 4.79 Å². The molecule has 4 aromatic rings. The summed E-state index contributed by atoms with van der Waals surface area (Å²) in [6.07, 6.45) is 5.01. The number of nitrogens with zero attached hydrogens (tertiary/aromatic N) is 5. The van der Waals surface area contributed by atoms with Crippen LogP contribution in [0.2, 0.25) is 5.02 Å². The molecule has 0 spiro atoms. The molecule has 1 aromatic carbocycles. The van der Waals surface area contributed by atoms with E-state index in [9.17, 15) is 4.79 Å². The molecule has 1 amide bonds. The van der Waals surface area contributed by atoms with E-state index in [1.54, 1.807) is 42.1 Å². The highest BCUT2D eigenvalue weighted by Crippen LogP contribution is 2.28. The maximum atomic E-state index is 12.2. The summed E-state index contributed by atoms with van der Waals surface area (Å²) in [7, 11) is 0. The van der Waals surface area contributed by atoms with Gasteiger partial charge in [0.2, 0.25) is 0 Å². The zero-order valence-corrected chi connectivity index (χ0v) is 17.9. The number of amides is 1. The molecule has 1 N–H and O–H groups in total. The number of rotatable bonds is 7. The minimum absolute atomic E-state index is 0.143. The van der Waals surface area contributed by atoms with Gasteiger partial charge in [-0.15, -0.1) is 21.5 Å². The van der Waals surface area contributed by atoms with E-state index >= 15 is 0 Å². The van der Waals surface area contributed by atoms with Crippen molar-refractivity contribution in [2.45, 2.75) is 5.16 Å². The molecule has 0 aliphatic carbocycles. The van der Waals surface area contributed by atoms with Gasteiger partial charge >= 0.3 is 0 Å². The van der Waals surface area contributed by atoms with Gasteiger partial charge in [-0.25, -0.2) is 5.43 Å². The van der Waals surface area contributed by atoms with Gasteiger partial charge in [-0.1, -0.05) is 29.4 Å². The SMILES string of the molecule is O=C(CSc1nnc(-c2ccncc2)n1-c1ccc(Cl)cc1)NN=Cc1cccs1. The molecule has 10 heteroatoms. The Morgan fingerprint density at radius 2 is 1.97 bits per heavy atom. The molecule has 0 fully saturated rings. The Kier molecular flexibility index (Phi) is 6.53. The van der Waals surface area contributed by atoms with Crippen LogP contribution in [0.15, 0.2) is 76.6 Å². The molecular formula is C20H15ClN6OS2. The summed E-state index contributed by atoms with van der Waals surface area (Å²) in [6.45, 7) is 0. The first-order valence-electron chi connectivity index (χ1n) is 8.80. The fraction of sp³-hybridized carbons (Fsp3) is 0.0500. The van der Waals surface area contributed by atoms with Crippen molar-refractivity contribution >= 4 is 46.8 Å². The molecule has 0 bridgehead atoms. The van der Waals surface area contributed by atoms with Crippen LogP contribution in [0.4, 0.5) is 0 Å². The summed E-state index contributed by atoms with van der Waals surface area (Å²) < 4.78 is 1.89. The van der Waals surface area contributed by atoms with Crippen LogP contribution in [-0.4, -0.2) is 37.6 Å². The summed E-state index contributed by atoms with van der Waals surface area (Å²) in [4.78, 5) is 17.2. The Labute approximate surface area is 185 Å². The molecule has 0 aliphatic heterocycles. The summed E-state index contributed by atoms with van der Waals surface area (Å²) in [5.41, 5.74) is 4.24. The molecule has 3 aromatic heterocycles. The number of aromatic nitrogens is 4. The quantitative estimate of drug-likeness (QED) is 0.256. The summed E-state index contributed by atoms with van der Waals surface area (Å²) in [5, 5.41) is 15.8. The van der Waals surface area contributed by atoms with Crippen molar-refractivity contribution in [2.75, 3.05) is 5.75 Å². The van der Waals surface area contributed by atoms with Crippen LogP contribution in [0.1, 0.15) is 4.88 Å². The largest absolute Gasteiger partial charge is 0.272 e. The van der Waals surface area contributed by atoms with Gasteiger partial charge in [0.15, 0.2) is 11.0 Å². The molecule has 0 unspecified atom stereocenters. The lowest BCUT2D eigenvalue weighted by Crippen LogP contribution is -2.19. The van der Waals surface area contributed by atoms with Crippen molar-refractivity contribution in [1.29, 1.82) is 0 Å². The Morgan fingerprint density at radius 1 is 1.17 bits per heavy atom. The van der Waals surface area contributed by atoms with Gasteiger partial charge in [-0.05, 0) is 47.8 Å². The van der Waals surface area contributed by atoms with E-state index in [1.165, 1.54) is 11.8 Å². The highest BCUT2D eigenvalue weighted by Gasteiger charge is 2.17. The Bertz CT molecular complexity index is 1140. The van der Waals surface area contributed by atoms with Crippen molar-refractivity contribution in [3.63, 3.8) is 0 Å². The average molecular weight is 455 g/mol. The van der Waals surface area contributed by atoms with Gasteiger partial charge in [0.1, 0.15) is 0 Å². The molecule has 0 saturated carbocycles. The number of thioether (sulfide) groups is 1. The molecule has 0 atom stereocenters. The maximum Gasteiger partial charge on any atom is 0.250 e. The van der Waals surface area contributed by atoms with E-state index in [4.69, 9.17) is 11.6 Å². The predicted octanol–water partition coefficient (Wildman–Crippen LogP) is 4.29. The van der Waals surface area contributed by atoms with Gasteiger partial charge in [0.05, 0.1) is 12.0 Å². The number of hydrogen-bond donors (Lipinski definition) is 1. The highest BCUT2D eigenvalue weighted by atomic mass is 35.5. The van der Waals surface area contributed by atoms with Crippen LogP contribution in [0.3, 0.4) is 0 Å². The molecule has 0 saturated heterocycles. The van der Waals surface area contributed by atoms with Gasteiger partial charge < -0.3 is 0 Å². The van der Waals surface area contributed by atoms with Crippen molar-refractivity contribution in [2.24, 2.45) is 5.10 Å². The minimum Gasteiger partial charge on any atom is -0.272 e. The summed E-state index contributed by atoms with van der Waals surface area (Å²) in [5.74, 6) is 0.561. The number of nitrogens with one attached hydrogen (secondary N) is 1. The van der Waals surface area contributed by atoms with E-state index in [1.807, 2.05) is 46.3 Å². The molecule has 7 nitrogen and oxygen atoms in total. The van der Waals surface area contributed by atoms with Crippen LogP contribution >= 0.6 is 34.7 Å². The molecule has 150 valence electrons. The number of carbonyl (C=O) groups is 1. The van der Waals surface area contributed by atoms with Crippen LogP contribution in [0, 0.1) is 0 Å². The standard InChI is InChI=1S/C20H15ClN6OS2/c21-15-3-5-16(6-4-15)27-19(14-7-9-22-10-8-14)25-26-20(27)30-13-18(28)24-23-12-17-2-1-11-29-17/h1-12H,13H2,(H,24,28). The van der Waals surface area contributed by atoms with E-state index < -0.39 is 0 Å². The maximum absolute atomic E-state index is 12.2. The Morgan fingerprint density at radius 3 is 2.70 bits per heavy atom.